The van der Waals surface area contributed by atoms with Gasteiger partial charge in [0.15, 0.2) is 0 Å². The summed E-state index contributed by atoms with van der Waals surface area (Å²) < 4.78 is 1.98. The van der Waals surface area contributed by atoms with Gasteiger partial charge in [0.05, 0.1) is 0 Å². The number of benzene rings is 1. The van der Waals surface area contributed by atoms with Gasteiger partial charge in [-0.3, -0.25) is 9.59 Å². The number of nitrogens with zero attached hydrogens (tertiary/aromatic N) is 2. The lowest BCUT2D eigenvalue weighted by molar-refractivity contribution is -0.121. The van der Waals surface area contributed by atoms with Crippen molar-refractivity contribution in [1.29, 1.82) is 0 Å². The molecule has 0 spiro atoms. The summed E-state index contributed by atoms with van der Waals surface area (Å²) in [4.78, 5) is 26.3. The Bertz CT molecular complexity index is 770. The molecule has 1 aliphatic heterocycles. The Hall–Kier alpha value is -2.30. The van der Waals surface area contributed by atoms with Gasteiger partial charge in [-0.15, -0.1) is 0 Å². The van der Waals surface area contributed by atoms with E-state index in [1.807, 2.05) is 22.6 Å². The van der Waals surface area contributed by atoms with Crippen molar-refractivity contribution in [3.8, 4) is 0 Å². The lowest BCUT2D eigenvalue weighted by Gasteiger charge is -2.31. The Morgan fingerprint density at radius 1 is 1.21 bits per heavy atom. The summed E-state index contributed by atoms with van der Waals surface area (Å²) in [5, 5.41) is 3.78. The number of likely N-dealkylation sites (tertiary alicyclic amines) is 1. The number of rotatable bonds is 3. The van der Waals surface area contributed by atoms with Crippen LogP contribution in [0.3, 0.4) is 0 Å². The van der Waals surface area contributed by atoms with Crippen LogP contribution in [0.15, 0.2) is 24.3 Å². The first-order valence-corrected chi connectivity index (χ1v) is 8.55. The molecule has 1 saturated heterocycles. The highest BCUT2D eigenvalue weighted by atomic mass is 16.2. The minimum absolute atomic E-state index is 0.0869. The zero-order chi connectivity index (χ0) is 17.3. The molecule has 0 unspecified atom stereocenters. The van der Waals surface area contributed by atoms with E-state index in [2.05, 4.69) is 30.4 Å². The normalized spacial score (nSPS) is 15.7. The standard InChI is InChI=1S/C19H25N3O2/c1-13-4-5-16-15(10-13)12-17(21(16)3)19(24)22-8-6-14(7-9-22)11-18(23)20-2/h4-5,10,12,14H,6-9,11H2,1-3H3,(H,20,23). The summed E-state index contributed by atoms with van der Waals surface area (Å²) in [5.41, 5.74) is 3.01. The fourth-order valence-corrected chi connectivity index (χ4v) is 3.54. The number of piperidine rings is 1. The average molecular weight is 327 g/mol. The smallest absolute Gasteiger partial charge is 0.270 e. The Kier molecular flexibility index (Phi) is 4.60. The maximum Gasteiger partial charge on any atom is 0.270 e. The first-order valence-electron chi connectivity index (χ1n) is 8.55. The van der Waals surface area contributed by atoms with Gasteiger partial charge in [-0.05, 0) is 43.9 Å². The molecule has 5 nitrogen and oxygen atoms in total. The summed E-state index contributed by atoms with van der Waals surface area (Å²) in [6, 6.07) is 8.24. The van der Waals surface area contributed by atoms with Crippen LogP contribution >= 0.6 is 0 Å². The topological polar surface area (TPSA) is 54.3 Å². The third kappa shape index (κ3) is 3.16. The van der Waals surface area contributed by atoms with Crippen LogP contribution in [0.1, 0.15) is 35.3 Å². The molecule has 1 N–H and O–H groups in total. The van der Waals surface area contributed by atoms with E-state index in [1.165, 1.54) is 5.56 Å². The largest absolute Gasteiger partial charge is 0.359 e. The van der Waals surface area contributed by atoms with Crippen molar-refractivity contribution in [3.63, 3.8) is 0 Å². The van der Waals surface area contributed by atoms with E-state index in [-0.39, 0.29) is 11.8 Å². The van der Waals surface area contributed by atoms with Crippen LogP contribution in [0, 0.1) is 12.8 Å². The number of carbonyl (C=O) groups excluding carboxylic acids is 2. The number of nitrogens with one attached hydrogen (secondary N) is 1. The van der Waals surface area contributed by atoms with Gasteiger partial charge in [0.25, 0.3) is 5.91 Å². The Morgan fingerprint density at radius 3 is 2.58 bits per heavy atom. The van der Waals surface area contributed by atoms with Gasteiger partial charge in [-0.1, -0.05) is 11.6 Å². The minimum atomic E-state index is 0.0869. The molecule has 24 heavy (non-hydrogen) atoms. The molecule has 1 aromatic carbocycles. The van der Waals surface area contributed by atoms with E-state index in [9.17, 15) is 9.59 Å². The summed E-state index contributed by atoms with van der Waals surface area (Å²) in [6.45, 7) is 3.51. The molecule has 1 fully saturated rings. The summed E-state index contributed by atoms with van der Waals surface area (Å²) in [5.74, 6) is 0.553. The third-order valence-electron chi connectivity index (χ3n) is 5.07. The number of fused-ring (bicyclic) bond motifs is 1. The van der Waals surface area contributed by atoms with E-state index in [4.69, 9.17) is 0 Å². The molecule has 2 amide bonds. The number of amides is 2. The van der Waals surface area contributed by atoms with Crippen molar-refractivity contribution in [1.82, 2.24) is 14.8 Å². The fourth-order valence-electron chi connectivity index (χ4n) is 3.54. The maximum absolute atomic E-state index is 12.9. The number of hydrogen-bond acceptors (Lipinski definition) is 2. The van der Waals surface area contributed by atoms with Crippen LogP contribution < -0.4 is 5.32 Å². The van der Waals surface area contributed by atoms with E-state index in [0.29, 0.717) is 12.3 Å². The SMILES string of the molecule is CNC(=O)CC1CCN(C(=O)c2cc3cc(C)ccc3n2C)CC1. The molecule has 0 radical (unpaired) electrons. The van der Waals surface area contributed by atoms with Gasteiger partial charge >= 0.3 is 0 Å². The molecule has 1 aromatic heterocycles. The molecule has 5 heteroatoms. The lowest BCUT2D eigenvalue weighted by Crippen LogP contribution is -2.40. The predicted octanol–water partition coefficient (Wildman–Crippen LogP) is 2.48. The summed E-state index contributed by atoms with van der Waals surface area (Å²) >= 11 is 0. The van der Waals surface area contributed by atoms with Crippen molar-refractivity contribution in [3.05, 3.63) is 35.5 Å². The number of aryl methyl sites for hydroxylation is 2. The summed E-state index contributed by atoms with van der Waals surface area (Å²) in [6.07, 6.45) is 2.34. The molecular weight excluding hydrogens is 302 g/mol. The highest BCUT2D eigenvalue weighted by Gasteiger charge is 2.26. The van der Waals surface area contributed by atoms with Crippen LogP contribution in [-0.2, 0) is 11.8 Å². The second-order valence-electron chi connectivity index (χ2n) is 6.76. The molecule has 0 saturated carbocycles. The average Bonchev–Trinajstić information content (AvgIpc) is 2.90. The fraction of sp³-hybridized carbons (Fsp3) is 0.474. The molecule has 128 valence electrons. The van der Waals surface area contributed by atoms with Crippen LogP contribution in [0.25, 0.3) is 10.9 Å². The Labute approximate surface area is 142 Å². The second kappa shape index (κ2) is 6.67. The van der Waals surface area contributed by atoms with Crippen molar-refractivity contribution in [2.24, 2.45) is 13.0 Å². The number of aromatic nitrogens is 1. The zero-order valence-corrected chi connectivity index (χ0v) is 14.6. The Balaban J connectivity index is 1.72. The van der Waals surface area contributed by atoms with Crippen LogP contribution in [0.5, 0.6) is 0 Å². The van der Waals surface area contributed by atoms with E-state index >= 15 is 0 Å². The molecule has 0 aliphatic carbocycles. The minimum Gasteiger partial charge on any atom is -0.359 e. The number of hydrogen-bond donors (Lipinski definition) is 1. The lowest BCUT2D eigenvalue weighted by atomic mass is 9.93. The predicted molar refractivity (Wildman–Crippen MR) is 95.0 cm³/mol. The monoisotopic (exact) mass is 327 g/mol. The highest BCUT2D eigenvalue weighted by Crippen LogP contribution is 2.25. The molecule has 2 heterocycles. The van der Waals surface area contributed by atoms with Gasteiger partial charge < -0.3 is 14.8 Å². The maximum atomic E-state index is 12.9. The van der Waals surface area contributed by atoms with Crippen molar-refractivity contribution in [2.75, 3.05) is 20.1 Å². The van der Waals surface area contributed by atoms with Crippen LogP contribution in [0.4, 0.5) is 0 Å². The van der Waals surface area contributed by atoms with Crippen LogP contribution in [-0.4, -0.2) is 41.4 Å². The van der Waals surface area contributed by atoms with Gasteiger partial charge in [-0.2, -0.15) is 0 Å². The molecule has 2 aromatic rings. The molecule has 0 atom stereocenters. The third-order valence-corrected chi connectivity index (χ3v) is 5.07. The van der Waals surface area contributed by atoms with Gasteiger partial charge in [0.2, 0.25) is 5.91 Å². The molecule has 3 rings (SSSR count). The number of carbonyl (C=O) groups is 2. The van der Waals surface area contributed by atoms with Gasteiger partial charge in [0.1, 0.15) is 5.69 Å². The van der Waals surface area contributed by atoms with E-state index < -0.39 is 0 Å². The van der Waals surface area contributed by atoms with Crippen LogP contribution in [0.2, 0.25) is 0 Å². The second-order valence-corrected chi connectivity index (χ2v) is 6.76. The van der Waals surface area contributed by atoms with Crippen molar-refractivity contribution in [2.45, 2.75) is 26.2 Å². The first kappa shape index (κ1) is 16.6. The first-order chi connectivity index (χ1) is 11.5. The highest BCUT2D eigenvalue weighted by molar-refractivity contribution is 5.98. The van der Waals surface area contributed by atoms with Gasteiger partial charge in [0, 0.05) is 44.5 Å². The molecular formula is C19H25N3O2. The van der Waals surface area contributed by atoms with E-state index in [1.54, 1.807) is 7.05 Å². The zero-order valence-electron chi connectivity index (χ0n) is 14.6. The quantitative estimate of drug-likeness (QED) is 0.941. The van der Waals surface area contributed by atoms with E-state index in [0.717, 1.165) is 42.5 Å². The molecule has 1 aliphatic rings. The Morgan fingerprint density at radius 2 is 1.92 bits per heavy atom. The summed E-state index contributed by atoms with van der Waals surface area (Å²) in [7, 11) is 3.62. The molecule has 0 bridgehead atoms. The van der Waals surface area contributed by atoms with Gasteiger partial charge in [-0.25, -0.2) is 0 Å². The van der Waals surface area contributed by atoms with Crippen molar-refractivity contribution >= 4 is 22.7 Å². The van der Waals surface area contributed by atoms with Crippen molar-refractivity contribution < 1.29 is 9.59 Å².